The van der Waals surface area contributed by atoms with E-state index in [1.807, 2.05) is 0 Å². The third-order valence-electron chi connectivity index (χ3n) is 12.1. The summed E-state index contributed by atoms with van der Waals surface area (Å²) in [6.07, 6.45) is 13.6. The van der Waals surface area contributed by atoms with E-state index in [2.05, 4.69) is 44.4 Å². The zero-order valence-electron chi connectivity index (χ0n) is 21.9. The monoisotopic (exact) mass is 444 g/mol. The Bertz CT molecular complexity index is 658. The van der Waals surface area contributed by atoms with Gasteiger partial charge in [-0.25, -0.2) is 0 Å². The molecule has 0 spiro atoms. The van der Waals surface area contributed by atoms with E-state index < -0.39 is 0 Å². The van der Waals surface area contributed by atoms with E-state index in [-0.39, 0.29) is 11.5 Å². The minimum absolute atomic E-state index is 0.105. The van der Waals surface area contributed by atoms with Crippen LogP contribution in [-0.4, -0.2) is 59.3 Å². The van der Waals surface area contributed by atoms with Gasteiger partial charge in [0.2, 0.25) is 0 Å². The van der Waals surface area contributed by atoms with Gasteiger partial charge in [0.15, 0.2) is 0 Å². The first-order valence-electron chi connectivity index (χ1n) is 14.5. The molecule has 0 aromatic carbocycles. The average molecular weight is 445 g/mol. The van der Waals surface area contributed by atoms with Crippen LogP contribution in [0.25, 0.3) is 0 Å². The van der Waals surface area contributed by atoms with Crippen LogP contribution in [0.3, 0.4) is 0 Å². The Hall–Kier alpha value is -0.120. The molecular weight excluding hydrogens is 392 g/mol. The fraction of sp³-hybridized carbons (Fsp3) is 1.00. The predicted molar refractivity (Wildman–Crippen MR) is 134 cm³/mol. The summed E-state index contributed by atoms with van der Waals surface area (Å²) in [7, 11) is 0. The minimum atomic E-state index is -0.105. The predicted octanol–water partition coefficient (Wildman–Crippen LogP) is 5.81. The van der Waals surface area contributed by atoms with Gasteiger partial charge in [-0.15, -0.1) is 0 Å². The second-order valence-electron chi connectivity index (χ2n) is 13.3. The zero-order valence-corrected chi connectivity index (χ0v) is 21.9. The second kappa shape index (κ2) is 8.83. The number of aliphatic hydroxyl groups is 1. The van der Waals surface area contributed by atoms with E-state index in [0.717, 1.165) is 35.6 Å². The highest BCUT2D eigenvalue weighted by molar-refractivity contribution is 5.13. The molecule has 1 saturated heterocycles. The number of fused-ring (bicyclic) bond motifs is 5. The van der Waals surface area contributed by atoms with Gasteiger partial charge in [-0.05, 0) is 124 Å². The van der Waals surface area contributed by atoms with Crippen LogP contribution in [-0.2, 0) is 0 Å². The molecule has 3 heteroatoms. The molecule has 4 saturated carbocycles. The number of rotatable bonds is 4. The second-order valence-corrected chi connectivity index (χ2v) is 13.3. The number of aliphatic hydroxyl groups excluding tert-OH is 1. The van der Waals surface area contributed by atoms with Crippen LogP contribution < -0.4 is 0 Å². The summed E-state index contributed by atoms with van der Waals surface area (Å²) in [5, 5.41) is 11.6. The molecule has 5 unspecified atom stereocenters. The highest BCUT2D eigenvalue weighted by Gasteiger charge is 2.63. The van der Waals surface area contributed by atoms with Crippen molar-refractivity contribution >= 4 is 0 Å². The topological polar surface area (TPSA) is 26.7 Å². The van der Waals surface area contributed by atoms with Gasteiger partial charge in [0.05, 0.1) is 6.10 Å². The molecule has 3 nitrogen and oxygen atoms in total. The van der Waals surface area contributed by atoms with Gasteiger partial charge < -0.3 is 10.0 Å². The molecule has 10 atom stereocenters. The third-order valence-corrected chi connectivity index (χ3v) is 12.1. The number of hydrogen-bond donors (Lipinski definition) is 1. The first-order chi connectivity index (χ1) is 15.3. The van der Waals surface area contributed by atoms with Crippen LogP contribution in [0.15, 0.2) is 0 Å². The first kappa shape index (κ1) is 23.6. The van der Waals surface area contributed by atoms with Gasteiger partial charge in [0.25, 0.3) is 0 Å². The van der Waals surface area contributed by atoms with Crippen molar-refractivity contribution < 1.29 is 5.11 Å². The maximum absolute atomic E-state index is 11.6. The van der Waals surface area contributed by atoms with Crippen molar-refractivity contribution in [3.05, 3.63) is 0 Å². The molecule has 0 aromatic rings. The Labute approximate surface area is 198 Å². The number of piperidine rings is 1. The molecule has 0 amide bonds. The van der Waals surface area contributed by atoms with E-state index >= 15 is 0 Å². The standard InChI is InChI=1S/C29H52N2O/c1-6-30(7-2)26-19-29(5)21(17-20(26)3)11-12-22-23(29)13-14-28(4)24(22)18-25(27(28)32)31-15-9-8-10-16-31/h20-27,32H,6-19H2,1-5H3/t20?,21?,22-,23-,24+,25?,26?,27?,28+,29+/m1/s1. The van der Waals surface area contributed by atoms with Crippen molar-refractivity contribution in [2.75, 3.05) is 26.2 Å². The number of likely N-dealkylation sites (tertiary alicyclic amines) is 1. The van der Waals surface area contributed by atoms with E-state index in [9.17, 15) is 5.11 Å². The van der Waals surface area contributed by atoms with E-state index in [1.54, 1.807) is 0 Å². The summed E-state index contributed by atoms with van der Waals surface area (Å²) in [4.78, 5) is 5.47. The molecule has 1 N–H and O–H groups in total. The maximum atomic E-state index is 11.6. The summed E-state index contributed by atoms with van der Waals surface area (Å²) in [5.41, 5.74) is 0.672. The Morgan fingerprint density at radius 1 is 0.906 bits per heavy atom. The molecule has 0 bridgehead atoms. The van der Waals surface area contributed by atoms with Crippen LogP contribution in [0, 0.1) is 40.4 Å². The smallest absolute Gasteiger partial charge is 0.0751 e. The van der Waals surface area contributed by atoms with Crippen molar-refractivity contribution in [1.29, 1.82) is 0 Å². The molecule has 5 aliphatic rings. The quantitative estimate of drug-likeness (QED) is 0.593. The van der Waals surface area contributed by atoms with Gasteiger partial charge in [-0.1, -0.05) is 41.0 Å². The lowest BCUT2D eigenvalue weighted by molar-refractivity contribution is -0.140. The first-order valence-corrected chi connectivity index (χ1v) is 14.5. The number of hydrogen-bond acceptors (Lipinski definition) is 3. The van der Waals surface area contributed by atoms with Crippen molar-refractivity contribution in [1.82, 2.24) is 9.80 Å². The molecule has 1 aliphatic heterocycles. The van der Waals surface area contributed by atoms with Crippen molar-refractivity contribution in [3.8, 4) is 0 Å². The van der Waals surface area contributed by atoms with Crippen LogP contribution >= 0.6 is 0 Å². The summed E-state index contributed by atoms with van der Waals surface area (Å²) in [6, 6.07) is 1.21. The Balaban J connectivity index is 1.39. The SMILES string of the molecule is CCN(CC)C1C[C@@]2(C)C(CC[C@@H]3[C@H]2CC[C@]2(C)C(O)C(N4CCCCC4)C[C@@H]32)CC1C. The Morgan fingerprint density at radius 3 is 2.31 bits per heavy atom. The van der Waals surface area contributed by atoms with E-state index in [1.165, 1.54) is 90.4 Å². The summed E-state index contributed by atoms with van der Waals surface area (Å²) < 4.78 is 0. The average Bonchev–Trinajstić information content (AvgIpc) is 3.07. The molecule has 184 valence electrons. The van der Waals surface area contributed by atoms with Gasteiger partial charge >= 0.3 is 0 Å². The molecule has 1 heterocycles. The Kier molecular flexibility index (Phi) is 6.52. The molecular formula is C29H52N2O. The highest BCUT2D eigenvalue weighted by atomic mass is 16.3. The summed E-state index contributed by atoms with van der Waals surface area (Å²) in [5.74, 6) is 4.25. The molecule has 0 aromatic heterocycles. The zero-order chi connectivity index (χ0) is 22.7. The van der Waals surface area contributed by atoms with Gasteiger partial charge in [-0.3, -0.25) is 4.90 Å². The van der Waals surface area contributed by atoms with Crippen LogP contribution in [0.4, 0.5) is 0 Å². The van der Waals surface area contributed by atoms with Crippen LogP contribution in [0.2, 0.25) is 0 Å². The fourth-order valence-corrected chi connectivity index (χ4v) is 10.3. The minimum Gasteiger partial charge on any atom is -0.391 e. The van der Waals surface area contributed by atoms with Crippen molar-refractivity contribution in [2.24, 2.45) is 40.4 Å². The van der Waals surface area contributed by atoms with E-state index in [0.29, 0.717) is 11.5 Å². The van der Waals surface area contributed by atoms with Crippen molar-refractivity contribution in [2.45, 2.75) is 117 Å². The number of nitrogens with zero attached hydrogens (tertiary/aromatic N) is 2. The highest BCUT2D eigenvalue weighted by Crippen LogP contribution is 2.67. The summed E-state index contributed by atoms with van der Waals surface area (Å²) >= 11 is 0. The van der Waals surface area contributed by atoms with Crippen molar-refractivity contribution in [3.63, 3.8) is 0 Å². The maximum Gasteiger partial charge on any atom is 0.0751 e. The molecule has 4 aliphatic carbocycles. The molecule has 0 radical (unpaired) electrons. The lowest BCUT2D eigenvalue weighted by atomic mass is 9.44. The van der Waals surface area contributed by atoms with Crippen LogP contribution in [0.1, 0.15) is 98.8 Å². The molecule has 5 fully saturated rings. The lowest BCUT2D eigenvalue weighted by Gasteiger charge is -2.62. The molecule has 32 heavy (non-hydrogen) atoms. The van der Waals surface area contributed by atoms with Gasteiger partial charge in [-0.2, -0.15) is 0 Å². The third kappa shape index (κ3) is 3.54. The van der Waals surface area contributed by atoms with E-state index in [4.69, 9.17) is 0 Å². The normalized spacial score (nSPS) is 51.8. The summed E-state index contributed by atoms with van der Waals surface area (Å²) in [6.45, 7) is 17.3. The largest absolute Gasteiger partial charge is 0.391 e. The molecule has 5 rings (SSSR count). The fourth-order valence-electron chi connectivity index (χ4n) is 10.3. The van der Waals surface area contributed by atoms with Crippen LogP contribution in [0.5, 0.6) is 0 Å². The van der Waals surface area contributed by atoms with Gasteiger partial charge in [0.1, 0.15) is 0 Å². The lowest BCUT2D eigenvalue weighted by Crippen LogP contribution is -2.58. The van der Waals surface area contributed by atoms with Gasteiger partial charge in [0, 0.05) is 12.1 Å². The Morgan fingerprint density at radius 2 is 1.62 bits per heavy atom.